The Bertz CT molecular complexity index is 946. The highest BCUT2D eigenvalue weighted by Gasteiger charge is 2.28. The topological polar surface area (TPSA) is 54.5 Å². The van der Waals surface area contributed by atoms with Gasteiger partial charge in [-0.2, -0.15) is 0 Å². The first-order chi connectivity index (χ1) is 14.2. The van der Waals surface area contributed by atoms with Crippen molar-refractivity contribution < 1.29 is 9.53 Å². The molecule has 0 aliphatic carbocycles. The molecule has 5 nitrogen and oxygen atoms in total. The molecule has 0 bridgehead atoms. The molecule has 1 aliphatic heterocycles. The Labute approximate surface area is 175 Å². The summed E-state index contributed by atoms with van der Waals surface area (Å²) in [5, 5.41) is 4.05. The van der Waals surface area contributed by atoms with Gasteiger partial charge in [0.1, 0.15) is 12.4 Å². The number of halogens is 1. The molecule has 0 radical (unpaired) electrons. The summed E-state index contributed by atoms with van der Waals surface area (Å²) in [6.45, 7) is 2.55. The fourth-order valence-corrected chi connectivity index (χ4v) is 3.54. The van der Waals surface area contributed by atoms with Crippen LogP contribution < -0.4 is 10.1 Å². The lowest BCUT2D eigenvalue weighted by molar-refractivity contribution is 0.0559. The Morgan fingerprint density at radius 3 is 2.52 bits per heavy atom. The number of nitrogens with one attached hydrogen (secondary N) is 1. The molecule has 3 aromatic rings. The number of carbonyl (C=O) groups is 1. The molecule has 1 N–H and O–H groups in total. The van der Waals surface area contributed by atoms with Crippen molar-refractivity contribution in [3.05, 3.63) is 83.6 Å². The van der Waals surface area contributed by atoms with Crippen LogP contribution in [0, 0.1) is 0 Å². The van der Waals surface area contributed by atoms with Gasteiger partial charge in [-0.25, -0.2) is 0 Å². The summed E-state index contributed by atoms with van der Waals surface area (Å²) < 4.78 is 5.84. The Morgan fingerprint density at radius 1 is 1.10 bits per heavy atom. The lowest BCUT2D eigenvalue weighted by atomic mass is 10.0. The van der Waals surface area contributed by atoms with Crippen LogP contribution in [0.3, 0.4) is 0 Å². The number of pyridine rings is 1. The molecule has 148 valence electrons. The first-order valence-electron chi connectivity index (χ1n) is 9.61. The van der Waals surface area contributed by atoms with Crippen LogP contribution in [0.2, 0.25) is 5.02 Å². The second kappa shape index (κ2) is 9.07. The maximum Gasteiger partial charge on any atom is 0.254 e. The molecule has 1 unspecified atom stereocenters. The first-order valence-corrected chi connectivity index (χ1v) is 9.99. The van der Waals surface area contributed by atoms with Crippen LogP contribution in [0.1, 0.15) is 10.4 Å². The van der Waals surface area contributed by atoms with Crippen molar-refractivity contribution in [2.24, 2.45) is 0 Å². The third kappa shape index (κ3) is 4.75. The molecule has 0 spiro atoms. The maximum absolute atomic E-state index is 13.1. The lowest BCUT2D eigenvalue weighted by Gasteiger charge is -2.36. The van der Waals surface area contributed by atoms with Crippen LogP contribution in [0.25, 0.3) is 11.1 Å². The zero-order valence-corrected chi connectivity index (χ0v) is 16.7. The Hall–Kier alpha value is -2.89. The van der Waals surface area contributed by atoms with Crippen molar-refractivity contribution >= 4 is 17.5 Å². The van der Waals surface area contributed by atoms with E-state index in [0.717, 1.165) is 17.7 Å². The van der Waals surface area contributed by atoms with Crippen LogP contribution in [-0.2, 0) is 0 Å². The molecule has 29 heavy (non-hydrogen) atoms. The van der Waals surface area contributed by atoms with E-state index in [1.165, 1.54) is 0 Å². The third-order valence-corrected chi connectivity index (χ3v) is 5.25. The van der Waals surface area contributed by atoms with E-state index in [4.69, 9.17) is 16.3 Å². The highest BCUT2D eigenvalue weighted by Crippen LogP contribution is 2.23. The average Bonchev–Trinajstić information content (AvgIpc) is 2.79. The number of ether oxygens (including phenoxy) is 1. The lowest BCUT2D eigenvalue weighted by Crippen LogP contribution is -2.55. The standard InChI is InChI=1S/C23H22ClN3O2/c24-20-9-7-18(8-10-20)17-3-5-19(6-4-17)23(28)27-13-12-26-14-21(27)16-29-22-2-1-11-25-15-22/h1-11,15,21,26H,12-14,16H2. The second-order valence-corrected chi connectivity index (χ2v) is 7.38. The van der Waals surface area contributed by atoms with Gasteiger partial charge in [-0.1, -0.05) is 35.9 Å². The number of rotatable bonds is 5. The predicted molar refractivity (Wildman–Crippen MR) is 114 cm³/mol. The summed E-state index contributed by atoms with van der Waals surface area (Å²) >= 11 is 5.96. The van der Waals surface area contributed by atoms with E-state index >= 15 is 0 Å². The minimum Gasteiger partial charge on any atom is -0.490 e. The van der Waals surface area contributed by atoms with Gasteiger partial charge in [-0.3, -0.25) is 9.78 Å². The third-order valence-electron chi connectivity index (χ3n) is 5.00. The maximum atomic E-state index is 13.1. The number of piperazine rings is 1. The van der Waals surface area contributed by atoms with Gasteiger partial charge in [0, 0.05) is 36.4 Å². The number of hydrogen-bond acceptors (Lipinski definition) is 4. The van der Waals surface area contributed by atoms with Crippen molar-refractivity contribution in [2.45, 2.75) is 6.04 Å². The quantitative estimate of drug-likeness (QED) is 0.697. The normalized spacial score (nSPS) is 16.4. The molecule has 1 aromatic heterocycles. The van der Waals surface area contributed by atoms with Gasteiger partial charge in [0.15, 0.2) is 0 Å². The number of amides is 1. The summed E-state index contributed by atoms with van der Waals surface area (Å²) in [6, 6.07) is 19.0. The molecule has 4 rings (SSSR count). The SMILES string of the molecule is O=C(c1ccc(-c2ccc(Cl)cc2)cc1)N1CCNCC1COc1cccnc1. The van der Waals surface area contributed by atoms with Crippen LogP contribution in [0.15, 0.2) is 73.1 Å². The van der Waals surface area contributed by atoms with Crippen LogP contribution in [0.5, 0.6) is 5.75 Å². The molecule has 2 heterocycles. The van der Waals surface area contributed by atoms with E-state index in [2.05, 4.69) is 10.3 Å². The zero-order valence-electron chi connectivity index (χ0n) is 15.9. The highest BCUT2D eigenvalue weighted by atomic mass is 35.5. The second-order valence-electron chi connectivity index (χ2n) is 6.94. The molecule has 6 heteroatoms. The molecular weight excluding hydrogens is 386 g/mol. The minimum atomic E-state index is -0.0348. The highest BCUT2D eigenvalue weighted by molar-refractivity contribution is 6.30. The number of carbonyl (C=O) groups excluding carboxylic acids is 1. The smallest absolute Gasteiger partial charge is 0.254 e. The van der Waals surface area contributed by atoms with Crippen molar-refractivity contribution in [3.63, 3.8) is 0 Å². The van der Waals surface area contributed by atoms with Crippen molar-refractivity contribution in [3.8, 4) is 16.9 Å². The summed E-state index contributed by atoms with van der Waals surface area (Å²) in [4.78, 5) is 19.1. The number of aromatic nitrogens is 1. The fourth-order valence-electron chi connectivity index (χ4n) is 3.42. The summed E-state index contributed by atoms with van der Waals surface area (Å²) in [5.74, 6) is 0.728. The van der Waals surface area contributed by atoms with Gasteiger partial charge >= 0.3 is 0 Å². The number of benzene rings is 2. The van der Waals surface area contributed by atoms with E-state index in [-0.39, 0.29) is 11.9 Å². The predicted octanol–water partition coefficient (Wildman–Crippen LogP) is 3.90. The Balaban J connectivity index is 1.45. The monoisotopic (exact) mass is 407 g/mol. The Morgan fingerprint density at radius 2 is 1.83 bits per heavy atom. The van der Waals surface area contributed by atoms with Gasteiger partial charge in [0.2, 0.25) is 0 Å². The Kier molecular flexibility index (Phi) is 6.08. The van der Waals surface area contributed by atoms with Gasteiger partial charge in [0.05, 0.1) is 12.2 Å². The summed E-state index contributed by atoms with van der Waals surface area (Å²) in [7, 11) is 0. The molecule has 1 fully saturated rings. The number of nitrogens with zero attached hydrogens (tertiary/aromatic N) is 2. The van der Waals surface area contributed by atoms with E-state index in [1.807, 2.05) is 65.6 Å². The summed E-state index contributed by atoms with van der Waals surface area (Å²) in [6.07, 6.45) is 3.39. The molecule has 1 atom stereocenters. The van der Waals surface area contributed by atoms with Crippen molar-refractivity contribution in [1.82, 2.24) is 15.2 Å². The van der Waals surface area contributed by atoms with Crippen LogP contribution >= 0.6 is 11.6 Å². The van der Waals surface area contributed by atoms with Gasteiger partial charge in [-0.05, 0) is 47.5 Å². The van der Waals surface area contributed by atoms with Crippen molar-refractivity contribution in [1.29, 1.82) is 0 Å². The van der Waals surface area contributed by atoms with Crippen LogP contribution in [-0.4, -0.2) is 48.1 Å². The molecule has 1 aliphatic rings. The van der Waals surface area contributed by atoms with E-state index in [0.29, 0.717) is 36.0 Å². The molecular formula is C23H22ClN3O2. The number of hydrogen-bond donors (Lipinski definition) is 1. The van der Waals surface area contributed by atoms with Gasteiger partial charge in [-0.15, -0.1) is 0 Å². The average molecular weight is 408 g/mol. The van der Waals surface area contributed by atoms with Crippen molar-refractivity contribution in [2.75, 3.05) is 26.2 Å². The van der Waals surface area contributed by atoms with E-state index in [1.54, 1.807) is 12.4 Å². The molecule has 2 aromatic carbocycles. The summed E-state index contributed by atoms with van der Waals surface area (Å²) in [5.41, 5.74) is 2.80. The molecule has 0 saturated carbocycles. The molecule has 1 amide bonds. The fraction of sp³-hybridized carbons (Fsp3) is 0.217. The van der Waals surface area contributed by atoms with Gasteiger partial charge in [0.25, 0.3) is 5.91 Å². The van der Waals surface area contributed by atoms with Gasteiger partial charge < -0.3 is 15.0 Å². The van der Waals surface area contributed by atoms with Crippen LogP contribution in [0.4, 0.5) is 0 Å². The zero-order chi connectivity index (χ0) is 20.1. The van der Waals surface area contributed by atoms with E-state index in [9.17, 15) is 4.79 Å². The minimum absolute atomic E-state index is 0.0222. The largest absolute Gasteiger partial charge is 0.490 e. The van der Waals surface area contributed by atoms with E-state index < -0.39 is 0 Å². The molecule has 1 saturated heterocycles. The first kappa shape index (κ1) is 19.4.